The number of benzene rings is 2. The molecule has 1 amide bonds. The van der Waals surface area contributed by atoms with Gasteiger partial charge in [0.2, 0.25) is 5.89 Å². The van der Waals surface area contributed by atoms with E-state index in [0.717, 1.165) is 5.56 Å². The Bertz CT molecular complexity index is 1030. The van der Waals surface area contributed by atoms with Crippen molar-refractivity contribution < 1.29 is 9.21 Å². The quantitative estimate of drug-likeness (QED) is 0.586. The van der Waals surface area contributed by atoms with Crippen molar-refractivity contribution in [1.82, 2.24) is 9.97 Å². The summed E-state index contributed by atoms with van der Waals surface area (Å²) in [4.78, 5) is 21.0. The number of anilines is 1. The maximum absolute atomic E-state index is 12.7. The largest absolute Gasteiger partial charge is 0.436 e. The van der Waals surface area contributed by atoms with Crippen molar-refractivity contribution in [3.63, 3.8) is 0 Å². The monoisotopic (exact) mass is 341 g/mol. The Labute approximate surface area is 150 Å². The van der Waals surface area contributed by atoms with Crippen molar-refractivity contribution in [2.75, 3.05) is 5.32 Å². The van der Waals surface area contributed by atoms with Gasteiger partial charge in [0.1, 0.15) is 0 Å². The summed E-state index contributed by atoms with van der Waals surface area (Å²) in [6.07, 6.45) is 4.92. The number of hydrogen-bond acceptors (Lipinski definition) is 4. The lowest BCUT2D eigenvalue weighted by atomic mass is 10.1. The van der Waals surface area contributed by atoms with Gasteiger partial charge in [0.15, 0.2) is 5.76 Å². The first kappa shape index (κ1) is 15.8. The van der Waals surface area contributed by atoms with Crippen molar-refractivity contribution in [2.45, 2.75) is 0 Å². The lowest BCUT2D eigenvalue weighted by molar-refractivity contribution is 0.102. The van der Waals surface area contributed by atoms with Gasteiger partial charge in [-0.2, -0.15) is 0 Å². The Kier molecular flexibility index (Phi) is 4.26. The first-order valence-corrected chi connectivity index (χ1v) is 8.13. The average molecular weight is 341 g/mol. The van der Waals surface area contributed by atoms with Crippen LogP contribution in [0.25, 0.3) is 22.8 Å². The fraction of sp³-hybridized carbons (Fsp3) is 0. The van der Waals surface area contributed by atoms with Crippen LogP contribution in [0.1, 0.15) is 10.4 Å². The number of rotatable bonds is 4. The van der Waals surface area contributed by atoms with Crippen LogP contribution in [0, 0.1) is 0 Å². The van der Waals surface area contributed by atoms with Gasteiger partial charge in [-0.05, 0) is 24.3 Å². The van der Waals surface area contributed by atoms with Crippen LogP contribution in [-0.4, -0.2) is 15.9 Å². The summed E-state index contributed by atoms with van der Waals surface area (Å²) in [6, 6.07) is 20.5. The van der Waals surface area contributed by atoms with E-state index in [0.29, 0.717) is 28.5 Å². The first-order valence-electron chi connectivity index (χ1n) is 8.13. The van der Waals surface area contributed by atoms with E-state index in [2.05, 4.69) is 15.3 Å². The number of hydrogen-bond donors (Lipinski definition) is 1. The molecule has 0 atom stereocenters. The average Bonchev–Trinajstić information content (AvgIpc) is 3.19. The summed E-state index contributed by atoms with van der Waals surface area (Å²) in [7, 11) is 0. The predicted molar refractivity (Wildman–Crippen MR) is 99.6 cm³/mol. The van der Waals surface area contributed by atoms with Crippen LogP contribution in [0.3, 0.4) is 0 Å². The van der Waals surface area contributed by atoms with Crippen molar-refractivity contribution in [3.8, 4) is 22.8 Å². The van der Waals surface area contributed by atoms with Crippen molar-refractivity contribution >= 4 is 11.6 Å². The number of nitrogens with one attached hydrogen (secondary N) is 1. The molecule has 5 heteroatoms. The molecule has 0 radical (unpaired) electrons. The van der Waals surface area contributed by atoms with E-state index in [9.17, 15) is 4.79 Å². The zero-order valence-corrected chi connectivity index (χ0v) is 13.8. The third kappa shape index (κ3) is 3.23. The third-order valence-electron chi connectivity index (χ3n) is 3.89. The van der Waals surface area contributed by atoms with Crippen LogP contribution < -0.4 is 5.32 Å². The molecule has 4 rings (SSSR count). The zero-order chi connectivity index (χ0) is 17.8. The van der Waals surface area contributed by atoms with Crippen LogP contribution in [0.5, 0.6) is 0 Å². The summed E-state index contributed by atoms with van der Waals surface area (Å²) < 4.78 is 5.89. The lowest BCUT2D eigenvalue weighted by Gasteiger charge is -2.07. The summed E-state index contributed by atoms with van der Waals surface area (Å²) >= 11 is 0. The molecule has 0 aliphatic carbocycles. The second kappa shape index (κ2) is 7.03. The molecule has 0 aliphatic heterocycles. The van der Waals surface area contributed by atoms with E-state index in [1.165, 1.54) is 0 Å². The van der Waals surface area contributed by atoms with Crippen LogP contribution in [-0.2, 0) is 0 Å². The summed E-state index contributed by atoms with van der Waals surface area (Å²) in [5.74, 6) is 0.817. The first-order chi connectivity index (χ1) is 12.8. The highest BCUT2D eigenvalue weighted by molar-refractivity contribution is 6.08. The van der Waals surface area contributed by atoms with Crippen LogP contribution in [0.2, 0.25) is 0 Å². The lowest BCUT2D eigenvalue weighted by Crippen LogP contribution is -2.13. The number of oxazole rings is 1. The van der Waals surface area contributed by atoms with Crippen LogP contribution >= 0.6 is 0 Å². The van der Waals surface area contributed by atoms with Crippen molar-refractivity contribution in [2.24, 2.45) is 0 Å². The molecule has 0 saturated heterocycles. The molecule has 0 unspecified atom stereocenters. The molecule has 0 fully saturated rings. The van der Waals surface area contributed by atoms with Crippen LogP contribution in [0.15, 0.2) is 89.7 Å². The highest BCUT2D eigenvalue weighted by Gasteiger charge is 2.17. The standard InChI is InChI=1S/C21H15N3O2/c25-20(24-16-9-6-12-22-13-16)17-10-4-5-11-18(17)21-23-14-19(26-21)15-7-2-1-3-8-15/h1-14H,(H,24,25). The van der Waals surface area contributed by atoms with E-state index in [-0.39, 0.29) is 5.91 Å². The normalized spacial score (nSPS) is 10.5. The van der Waals surface area contributed by atoms with Gasteiger partial charge in [0.05, 0.1) is 23.6 Å². The van der Waals surface area contributed by atoms with Crippen molar-refractivity contribution in [1.29, 1.82) is 0 Å². The molecule has 2 heterocycles. The Morgan fingerprint density at radius 3 is 2.50 bits per heavy atom. The van der Waals surface area contributed by atoms with E-state index >= 15 is 0 Å². The summed E-state index contributed by atoms with van der Waals surface area (Å²) in [5.41, 5.74) is 2.68. The molecule has 0 spiro atoms. The van der Waals surface area contributed by atoms with Crippen molar-refractivity contribution in [3.05, 3.63) is 90.9 Å². The van der Waals surface area contributed by atoms with E-state index in [4.69, 9.17) is 4.42 Å². The maximum Gasteiger partial charge on any atom is 0.256 e. The molecule has 0 bridgehead atoms. The zero-order valence-electron chi connectivity index (χ0n) is 13.8. The van der Waals surface area contributed by atoms with Gasteiger partial charge in [-0.25, -0.2) is 4.98 Å². The Balaban J connectivity index is 1.66. The minimum atomic E-state index is -0.243. The van der Waals surface area contributed by atoms with Gasteiger partial charge in [-0.3, -0.25) is 9.78 Å². The van der Waals surface area contributed by atoms with Gasteiger partial charge in [0.25, 0.3) is 5.91 Å². The summed E-state index contributed by atoms with van der Waals surface area (Å²) in [6.45, 7) is 0. The van der Waals surface area contributed by atoms with Crippen LogP contribution in [0.4, 0.5) is 5.69 Å². The van der Waals surface area contributed by atoms with Gasteiger partial charge >= 0.3 is 0 Å². The number of amides is 1. The minimum absolute atomic E-state index is 0.243. The topological polar surface area (TPSA) is 68.0 Å². The predicted octanol–water partition coefficient (Wildman–Crippen LogP) is 4.66. The second-order valence-corrected chi connectivity index (χ2v) is 5.64. The number of carbonyl (C=O) groups excluding carboxylic acids is 1. The van der Waals surface area contributed by atoms with Gasteiger partial charge in [0, 0.05) is 17.3 Å². The molecule has 1 N–H and O–H groups in total. The Hall–Kier alpha value is -3.73. The molecule has 5 nitrogen and oxygen atoms in total. The number of pyridine rings is 1. The van der Waals surface area contributed by atoms with E-state index in [1.807, 2.05) is 48.5 Å². The number of aromatic nitrogens is 2. The van der Waals surface area contributed by atoms with Gasteiger partial charge < -0.3 is 9.73 Å². The molecule has 26 heavy (non-hydrogen) atoms. The molecule has 4 aromatic rings. The highest BCUT2D eigenvalue weighted by atomic mass is 16.4. The van der Waals surface area contributed by atoms with Gasteiger partial charge in [-0.1, -0.05) is 42.5 Å². The molecule has 2 aromatic carbocycles. The molecule has 0 saturated carbocycles. The Morgan fingerprint density at radius 2 is 1.69 bits per heavy atom. The third-order valence-corrected chi connectivity index (χ3v) is 3.89. The fourth-order valence-electron chi connectivity index (χ4n) is 2.64. The molecule has 126 valence electrons. The minimum Gasteiger partial charge on any atom is -0.436 e. The maximum atomic E-state index is 12.7. The van der Waals surface area contributed by atoms with Gasteiger partial charge in [-0.15, -0.1) is 0 Å². The smallest absolute Gasteiger partial charge is 0.256 e. The number of nitrogens with zero attached hydrogens (tertiary/aromatic N) is 2. The molecular formula is C21H15N3O2. The molecule has 0 aliphatic rings. The molecular weight excluding hydrogens is 326 g/mol. The molecule has 2 aromatic heterocycles. The highest BCUT2D eigenvalue weighted by Crippen LogP contribution is 2.28. The summed E-state index contributed by atoms with van der Waals surface area (Å²) in [5, 5.41) is 2.84. The van der Waals surface area contributed by atoms with E-state index < -0.39 is 0 Å². The second-order valence-electron chi connectivity index (χ2n) is 5.64. The Morgan fingerprint density at radius 1 is 0.885 bits per heavy atom. The SMILES string of the molecule is O=C(Nc1cccnc1)c1ccccc1-c1ncc(-c2ccccc2)o1. The number of carbonyl (C=O) groups is 1. The van der Waals surface area contributed by atoms with E-state index in [1.54, 1.807) is 36.8 Å². The fourth-order valence-corrected chi connectivity index (χ4v) is 2.64.